The Balaban J connectivity index is 4.52. The summed E-state index contributed by atoms with van der Waals surface area (Å²) >= 11 is 1.22. The van der Waals surface area contributed by atoms with Gasteiger partial charge in [0, 0.05) is 27.7 Å². The summed E-state index contributed by atoms with van der Waals surface area (Å²) in [4.78, 5) is 29.4. The van der Waals surface area contributed by atoms with Crippen LogP contribution in [0.2, 0.25) is 0 Å². The standard InChI is InChI=1S/C9H18N4O2S/c1-6-13(4)9(15)11-7(16-5)10-8(14)12(2)3/h6H2,1-5H3,(H,10,11,14,15). The van der Waals surface area contributed by atoms with Crippen LogP contribution in [-0.4, -0.2) is 61.0 Å². The van der Waals surface area contributed by atoms with E-state index in [1.54, 1.807) is 27.4 Å². The third-order valence-electron chi connectivity index (χ3n) is 1.81. The van der Waals surface area contributed by atoms with Crippen LogP contribution in [0.25, 0.3) is 0 Å². The minimum Gasteiger partial charge on any atom is -0.329 e. The molecule has 0 unspecified atom stereocenters. The number of carbonyl (C=O) groups is 2. The minimum atomic E-state index is -0.399. The van der Waals surface area contributed by atoms with Gasteiger partial charge in [-0.3, -0.25) is 5.32 Å². The molecular weight excluding hydrogens is 228 g/mol. The van der Waals surface area contributed by atoms with Gasteiger partial charge in [-0.15, -0.1) is 0 Å². The SMILES string of the molecule is CCN(C)C(=O)NC(=NC(=O)N(C)C)SC. The van der Waals surface area contributed by atoms with E-state index in [0.29, 0.717) is 11.7 Å². The topological polar surface area (TPSA) is 65.0 Å². The average molecular weight is 246 g/mol. The first kappa shape index (κ1) is 14.8. The summed E-state index contributed by atoms with van der Waals surface area (Å²) in [6, 6.07) is -0.675. The minimum absolute atomic E-state index is 0.276. The van der Waals surface area contributed by atoms with E-state index in [1.165, 1.54) is 21.6 Å². The van der Waals surface area contributed by atoms with Crippen molar-refractivity contribution < 1.29 is 9.59 Å². The molecule has 0 saturated carbocycles. The van der Waals surface area contributed by atoms with Gasteiger partial charge in [-0.1, -0.05) is 11.8 Å². The summed E-state index contributed by atoms with van der Waals surface area (Å²) < 4.78 is 0. The molecule has 7 heteroatoms. The molecule has 0 radical (unpaired) electrons. The molecule has 0 rings (SSSR count). The monoisotopic (exact) mass is 246 g/mol. The Hall–Kier alpha value is -1.24. The van der Waals surface area contributed by atoms with Crippen molar-refractivity contribution in [2.45, 2.75) is 6.92 Å². The van der Waals surface area contributed by atoms with E-state index >= 15 is 0 Å². The third kappa shape index (κ3) is 5.01. The summed E-state index contributed by atoms with van der Waals surface area (Å²) in [6.45, 7) is 2.45. The molecule has 0 aliphatic carbocycles. The summed E-state index contributed by atoms with van der Waals surface area (Å²) in [5.41, 5.74) is 0. The van der Waals surface area contributed by atoms with Crippen LogP contribution in [0.5, 0.6) is 0 Å². The van der Waals surface area contributed by atoms with Crippen molar-refractivity contribution in [2.75, 3.05) is 33.9 Å². The number of carbonyl (C=O) groups excluding carboxylic acids is 2. The zero-order valence-corrected chi connectivity index (χ0v) is 11.1. The first-order valence-corrected chi connectivity index (χ1v) is 6.00. The number of hydrogen-bond acceptors (Lipinski definition) is 3. The van der Waals surface area contributed by atoms with Gasteiger partial charge in [-0.05, 0) is 13.2 Å². The van der Waals surface area contributed by atoms with Gasteiger partial charge in [0.1, 0.15) is 0 Å². The fourth-order valence-corrected chi connectivity index (χ4v) is 1.00. The van der Waals surface area contributed by atoms with Crippen molar-refractivity contribution in [1.29, 1.82) is 0 Å². The van der Waals surface area contributed by atoms with Gasteiger partial charge in [0.25, 0.3) is 0 Å². The quantitative estimate of drug-likeness (QED) is 0.555. The fraction of sp³-hybridized carbons (Fsp3) is 0.667. The summed E-state index contributed by atoms with van der Waals surface area (Å²) in [7, 11) is 4.87. The van der Waals surface area contributed by atoms with Crippen molar-refractivity contribution in [3.63, 3.8) is 0 Å². The lowest BCUT2D eigenvalue weighted by Gasteiger charge is -2.16. The Morgan fingerprint density at radius 3 is 2.25 bits per heavy atom. The van der Waals surface area contributed by atoms with E-state index in [1.807, 2.05) is 6.92 Å². The van der Waals surface area contributed by atoms with E-state index in [-0.39, 0.29) is 6.03 Å². The molecular formula is C9H18N4O2S. The van der Waals surface area contributed by atoms with Crippen molar-refractivity contribution in [3.05, 3.63) is 0 Å². The largest absolute Gasteiger partial charge is 0.345 e. The maximum Gasteiger partial charge on any atom is 0.345 e. The number of hydrogen-bond donors (Lipinski definition) is 1. The molecule has 4 amide bonds. The second kappa shape index (κ2) is 7.10. The zero-order chi connectivity index (χ0) is 12.7. The predicted molar refractivity (Wildman–Crippen MR) is 66.9 cm³/mol. The highest BCUT2D eigenvalue weighted by atomic mass is 32.2. The van der Waals surface area contributed by atoms with Gasteiger partial charge in [-0.2, -0.15) is 4.99 Å². The Morgan fingerprint density at radius 2 is 1.88 bits per heavy atom. The van der Waals surface area contributed by atoms with Crippen LogP contribution in [0.15, 0.2) is 4.99 Å². The van der Waals surface area contributed by atoms with Crippen LogP contribution in [0.1, 0.15) is 6.92 Å². The number of nitrogens with one attached hydrogen (secondary N) is 1. The van der Waals surface area contributed by atoms with Crippen LogP contribution in [0, 0.1) is 0 Å². The van der Waals surface area contributed by atoms with Crippen LogP contribution in [0.4, 0.5) is 9.59 Å². The number of amides is 4. The maximum absolute atomic E-state index is 11.5. The molecule has 1 N–H and O–H groups in total. The molecule has 0 aliphatic rings. The smallest absolute Gasteiger partial charge is 0.329 e. The van der Waals surface area contributed by atoms with Gasteiger partial charge in [0.2, 0.25) is 0 Å². The first-order chi connectivity index (χ1) is 7.42. The zero-order valence-electron chi connectivity index (χ0n) is 10.3. The first-order valence-electron chi connectivity index (χ1n) is 4.78. The fourth-order valence-electron chi connectivity index (χ4n) is 0.642. The molecule has 0 bridgehead atoms. The van der Waals surface area contributed by atoms with Crippen molar-refractivity contribution in [3.8, 4) is 0 Å². The van der Waals surface area contributed by atoms with Gasteiger partial charge in [0.05, 0.1) is 0 Å². The van der Waals surface area contributed by atoms with Gasteiger partial charge in [-0.25, -0.2) is 9.59 Å². The highest BCUT2D eigenvalue weighted by Gasteiger charge is 2.10. The molecule has 0 atom stereocenters. The highest BCUT2D eigenvalue weighted by Crippen LogP contribution is 1.98. The molecule has 0 aliphatic heterocycles. The molecule has 0 spiro atoms. The van der Waals surface area contributed by atoms with Gasteiger partial charge >= 0.3 is 12.1 Å². The van der Waals surface area contributed by atoms with Crippen LogP contribution in [0.3, 0.4) is 0 Å². The number of thioether (sulfide) groups is 1. The molecule has 0 aromatic carbocycles. The molecule has 0 fully saturated rings. The number of amidine groups is 1. The van der Waals surface area contributed by atoms with E-state index in [4.69, 9.17) is 0 Å². The second-order valence-electron chi connectivity index (χ2n) is 3.24. The third-order valence-corrected chi connectivity index (χ3v) is 2.39. The van der Waals surface area contributed by atoms with E-state index in [0.717, 1.165) is 0 Å². The molecule has 16 heavy (non-hydrogen) atoms. The molecule has 6 nitrogen and oxygen atoms in total. The molecule has 0 saturated heterocycles. The lowest BCUT2D eigenvalue weighted by Crippen LogP contribution is -2.40. The summed E-state index contributed by atoms with van der Waals surface area (Å²) in [5.74, 6) is 0. The number of rotatable bonds is 1. The van der Waals surface area contributed by atoms with Crippen molar-refractivity contribution in [1.82, 2.24) is 15.1 Å². The van der Waals surface area contributed by atoms with Crippen molar-refractivity contribution >= 4 is 29.0 Å². The average Bonchev–Trinajstić information content (AvgIpc) is 2.26. The van der Waals surface area contributed by atoms with E-state index < -0.39 is 6.03 Å². The molecule has 0 aromatic rings. The summed E-state index contributed by atoms with van der Waals surface area (Å²) in [6.07, 6.45) is 1.74. The van der Waals surface area contributed by atoms with E-state index in [9.17, 15) is 9.59 Å². The maximum atomic E-state index is 11.5. The molecule has 0 heterocycles. The van der Waals surface area contributed by atoms with Crippen LogP contribution in [-0.2, 0) is 0 Å². The van der Waals surface area contributed by atoms with E-state index in [2.05, 4.69) is 10.3 Å². The second-order valence-corrected chi connectivity index (χ2v) is 4.04. The van der Waals surface area contributed by atoms with Crippen molar-refractivity contribution in [2.24, 2.45) is 4.99 Å². The Labute approximate surface area is 100 Å². The molecule has 92 valence electrons. The number of urea groups is 2. The Morgan fingerprint density at radius 1 is 1.31 bits per heavy atom. The summed E-state index contributed by atoms with van der Waals surface area (Å²) in [5, 5.41) is 2.85. The van der Waals surface area contributed by atoms with Crippen LogP contribution >= 0.6 is 11.8 Å². The van der Waals surface area contributed by atoms with Gasteiger partial charge in [0.15, 0.2) is 5.17 Å². The van der Waals surface area contributed by atoms with Crippen LogP contribution < -0.4 is 5.32 Å². The predicted octanol–water partition coefficient (Wildman–Crippen LogP) is 1.05. The highest BCUT2D eigenvalue weighted by molar-refractivity contribution is 8.13. The Bertz CT molecular complexity index is 291. The van der Waals surface area contributed by atoms with Gasteiger partial charge < -0.3 is 9.80 Å². The lowest BCUT2D eigenvalue weighted by atomic mass is 10.6. The Kier molecular flexibility index (Phi) is 6.55. The lowest BCUT2D eigenvalue weighted by molar-refractivity contribution is 0.216. The number of nitrogens with zero attached hydrogens (tertiary/aromatic N) is 3. The normalized spacial score (nSPS) is 10.9. The number of aliphatic imine (C=N–C) groups is 1. The molecule has 0 aromatic heterocycles.